The minimum atomic E-state index is -5.80. The molecular weight excluding hydrogens is 470 g/mol. The molecule has 0 radical (unpaired) electrons. The van der Waals surface area contributed by atoms with Crippen LogP contribution in [-0.4, -0.2) is 39.3 Å². The van der Waals surface area contributed by atoms with Crippen molar-refractivity contribution >= 4 is 29.2 Å². The summed E-state index contributed by atoms with van der Waals surface area (Å²) in [7, 11) is 0. The summed E-state index contributed by atoms with van der Waals surface area (Å²) in [4.78, 5) is 23.8. The molecule has 1 aromatic heterocycles. The summed E-state index contributed by atoms with van der Waals surface area (Å²) in [5.41, 5.74) is 5.15. The molecule has 2 N–H and O–H groups in total. The van der Waals surface area contributed by atoms with Crippen LogP contribution in [0.25, 0.3) is 0 Å². The van der Waals surface area contributed by atoms with Crippen molar-refractivity contribution < 1.29 is 35.9 Å². The summed E-state index contributed by atoms with van der Waals surface area (Å²) >= 11 is 0. The highest BCUT2D eigenvalue weighted by Crippen LogP contribution is 2.37. The minimum Gasteiger partial charge on any atom is -0.440 e. The van der Waals surface area contributed by atoms with Gasteiger partial charge in [0.15, 0.2) is 0 Å². The third-order valence-corrected chi connectivity index (χ3v) is 4.00. The number of alkyl halides is 6. The van der Waals surface area contributed by atoms with Gasteiger partial charge >= 0.3 is 18.4 Å². The van der Waals surface area contributed by atoms with Gasteiger partial charge < -0.3 is 4.74 Å². The van der Waals surface area contributed by atoms with Crippen LogP contribution in [0.2, 0.25) is 0 Å². The number of hydrazine groups is 1. The largest absolute Gasteiger partial charge is 0.440 e. The molecule has 0 aliphatic rings. The van der Waals surface area contributed by atoms with Gasteiger partial charge in [0.25, 0.3) is 6.10 Å². The van der Waals surface area contributed by atoms with Crippen molar-refractivity contribution in [1.82, 2.24) is 20.4 Å². The van der Waals surface area contributed by atoms with E-state index < -0.39 is 36.3 Å². The van der Waals surface area contributed by atoms with Crippen LogP contribution >= 0.6 is 0 Å². The maximum absolute atomic E-state index is 13.0. The van der Waals surface area contributed by atoms with Crippen LogP contribution in [-0.2, 0) is 4.79 Å². The molecule has 0 saturated heterocycles. The number of carbonyl (C=O) groups is 1. The second-order valence-corrected chi connectivity index (χ2v) is 6.64. The first kappa shape index (κ1) is 24.5. The Morgan fingerprint density at radius 1 is 0.853 bits per heavy atom. The maximum Gasteiger partial charge on any atom is 0.434 e. The van der Waals surface area contributed by atoms with E-state index in [1.54, 1.807) is 60.7 Å². The van der Waals surface area contributed by atoms with Gasteiger partial charge in [0, 0.05) is 18.3 Å². The number of hydrogen-bond donors (Lipinski definition) is 2. The lowest BCUT2D eigenvalue weighted by atomic mass is 10.2. The Balaban J connectivity index is 2.14. The van der Waals surface area contributed by atoms with E-state index in [1.807, 2.05) is 0 Å². The van der Waals surface area contributed by atoms with E-state index >= 15 is 0 Å². The molecule has 34 heavy (non-hydrogen) atoms. The molecule has 180 valence electrons. The van der Waals surface area contributed by atoms with Crippen LogP contribution in [0.3, 0.4) is 0 Å². The number of amides is 1. The lowest BCUT2D eigenvalue weighted by Gasteiger charge is -2.25. The van der Waals surface area contributed by atoms with Gasteiger partial charge in [-0.05, 0) is 24.3 Å². The number of para-hydroxylation sites is 2. The number of carbonyl (C=O) groups excluding carboxylic acids is 1. The summed E-state index contributed by atoms with van der Waals surface area (Å²) in [6.07, 6.45) is -15.8. The fourth-order valence-electron chi connectivity index (χ4n) is 2.66. The van der Waals surface area contributed by atoms with E-state index in [2.05, 4.69) is 30.5 Å². The van der Waals surface area contributed by atoms with E-state index in [-0.39, 0.29) is 5.95 Å². The van der Waals surface area contributed by atoms with Crippen LogP contribution < -0.4 is 20.5 Å². The third-order valence-electron chi connectivity index (χ3n) is 4.00. The highest BCUT2D eigenvalue weighted by Gasteiger charge is 2.59. The molecule has 8 nitrogen and oxygen atoms in total. The average molecular weight is 486 g/mol. The zero-order chi connectivity index (χ0) is 24.9. The molecule has 0 aliphatic carbocycles. The highest BCUT2D eigenvalue weighted by molar-refractivity contribution is 5.75. The standard InChI is InChI=1S/C20H16F6N6O2/c1-12(33)30-31-16-27-17(29-18(28-16)34-15(19(21,22)23)20(24,25)26)32(13-8-4-2-5-9-13)14-10-6-3-7-11-14/h2-11,15H,1H3,(H,30,33)(H,27,28,29,31). The molecular formula is C20H16F6N6O2. The molecule has 1 heterocycles. The third kappa shape index (κ3) is 6.24. The topological polar surface area (TPSA) is 92.3 Å². The van der Waals surface area contributed by atoms with Gasteiger partial charge in [-0.15, -0.1) is 0 Å². The number of anilines is 4. The molecule has 0 bridgehead atoms. The second-order valence-electron chi connectivity index (χ2n) is 6.64. The van der Waals surface area contributed by atoms with Crippen LogP contribution in [0.4, 0.5) is 49.6 Å². The lowest BCUT2D eigenvalue weighted by molar-refractivity contribution is -0.301. The molecule has 0 spiro atoms. The van der Waals surface area contributed by atoms with Gasteiger partial charge in [0.05, 0.1) is 0 Å². The van der Waals surface area contributed by atoms with Gasteiger partial charge in [-0.3, -0.25) is 20.5 Å². The number of nitrogens with zero attached hydrogens (tertiary/aromatic N) is 4. The Hall–Kier alpha value is -4.10. The quantitative estimate of drug-likeness (QED) is 0.370. The first-order valence-corrected chi connectivity index (χ1v) is 9.44. The van der Waals surface area contributed by atoms with Crippen LogP contribution in [0, 0.1) is 0 Å². The van der Waals surface area contributed by atoms with Crippen LogP contribution in [0.1, 0.15) is 6.92 Å². The molecule has 0 fully saturated rings. The average Bonchev–Trinajstić information content (AvgIpc) is 2.76. The number of rotatable bonds is 7. The van der Waals surface area contributed by atoms with Crippen molar-refractivity contribution in [2.24, 2.45) is 0 Å². The maximum atomic E-state index is 13.0. The molecule has 0 aliphatic heterocycles. The molecule has 14 heteroatoms. The number of ether oxygens (including phenoxy) is 1. The number of halogens is 6. The first-order chi connectivity index (χ1) is 15.9. The molecule has 3 aromatic rings. The van der Waals surface area contributed by atoms with Crippen molar-refractivity contribution in [3.63, 3.8) is 0 Å². The summed E-state index contributed by atoms with van der Waals surface area (Å²) in [6, 6.07) is 15.2. The highest BCUT2D eigenvalue weighted by atomic mass is 19.4. The summed E-state index contributed by atoms with van der Waals surface area (Å²) < 4.78 is 82.4. The fraction of sp³-hybridized carbons (Fsp3) is 0.200. The van der Waals surface area contributed by atoms with E-state index in [4.69, 9.17) is 0 Å². The number of benzene rings is 2. The van der Waals surface area contributed by atoms with Gasteiger partial charge in [-0.1, -0.05) is 36.4 Å². The summed E-state index contributed by atoms with van der Waals surface area (Å²) in [5, 5.41) is 0. The van der Waals surface area contributed by atoms with Crippen molar-refractivity contribution in [1.29, 1.82) is 0 Å². The van der Waals surface area contributed by atoms with Crippen LogP contribution in [0.15, 0.2) is 60.7 Å². The molecule has 3 rings (SSSR count). The second kappa shape index (κ2) is 9.80. The van der Waals surface area contributed by atoms with Gasteiger partial charge in [-0.25, -0.2) is 0 Å². The summed E-state index contributed by atoms with van der Waals surface area (Å²) in [5.74, 6) is -1.57. The summed E-state index contributed by atoms with van der Waals surface area (Å²) in [6.45, 7) is 1.11. The predicted molar refractivity (Wildman–Crippen MR) is 108 cm³/mol. The monoisotopic (exact) mass is 486 g/mol. The fourth-order valence-corrected chi connectivity index (χ4v) is 2.66. The molecule has 0 saturated carbocycles. The zero-order valence-corrected chi connectivity index (χ0v) is 17.2. The Labute approximate surface area is 188 Å². The van der Waals surface area contributed by atoms with Crippen LogP contribution in [0.5, 0.6) is 6.01 Å². The molecule has 1 amide bonds. The molecule has 0 atom stereocenters. The van der Waals surface area contributed by atoms with E-state index in [0.717, 1.165) is 6.92 Å². The number of aromatic nitrogens is 3. The number of nitrogens with one attached hydrogen (secondary N) is 2. The Morgan fingerprint density at radius 2 is 1.35 bits per heavy atom. The normalized spacial score (nSPS) is 11.8. The van der Waals surface area contributed by atoms with Crippen molar-refractivity contribution in [2.75, 3.05) is 10.3 Å². The van der Waals surface area contributed by atoms with E-state index in [0.29, 0.717) is 11.4 Å². The Morgan fingerprint density at radius 3 is 1.79 bits per heavy atom. The van der Waals surface area contributed by atoms with E-state index in [9.17, 15) is 31.1 Å². The van der Waals surface area contributed by atoms with Gasteiger partial charge in [0.2, 0.25) is 17.8 Å². The van der Waals surface area contributed by atoms with Gasteiger partial charge in [-0.2, -0.15) is 41.3 Å². The van der Waals surface area contributed by atoms with Crippen molar-refractivity contribution in [3.8, 4) is 6.01 Å². The van der Waals surface area contributed by atoms with E-state index in [1.165, 1.54) is 4.90 Å². The van der Waals surface area contributed by atoms with Crippen molar-refractivity contribution in [2.45, 2.75) is 25.4 Å². The molecule has 2 aromatic carbocycles. The zero-order valence-electron chi connectivity index (χ0n) is 17.2. The smallest absolute Gasteiger partial charge is 0.434 e. The predicted octanol–water partition coefficient (Wildman–Crippen LogP) is 4.68. The minimum absolute atomic E-state index is 0.377. The SMILES string of the molecule is CC(=O)NNc1nc(OC(C(F)(F)F)C(F)(F)F)nc(N(c2ccccc2)c2ccccc2)n1. The van der Waals surface area contributed by atoms with Gasteiger partial charge in [0.1, 0.15) is 0 Å². The lowest BCUT2D eigenvalue weighted by Crippen LogP contribution is -2.47. The molecule has 0 unspecified atom stereocenters. The number of hydrogen-bond acceptors (Lipinski definition) is 7. The first-order valence-electron chi connectivity index (χ1n) is 9.44. The Bertz CT molecular complexity index is 1060. The van der Waals surface area contributed by atoms with Crippen molar-refractivity contribution in [3.05, 3.63) is 60.7 Å². The Kier molecular flexibility index (Phi) is 7.08.